The molecule has 170 valence electrons. The first-order chi connectivity index (χ1) is 15.1. The molecule has 0 bridgehead atoms. The molecule has 2 unspecified atom stereocenters. The van der Waals surface area contributed by atoms with E-state index in [2.05, 4.69) is 0 Å². The van der Waals surface area contributed by atoms with Gasteiger partial charge in [0, 0.05) is 30.2 Å². The number of benzene rings is 2. The van der Waals surface area contributed by atoms with Gasteiger partial charge in [-0.15, -0.1) is 0 Å². The van der Waals surface area contributed by atoms with Crippen molar-refractivity contribution in [1.29, 1.82) is 0 Å². The van der Waals surface area contributed by atoms with Gasteiger partial charge in [-0.3, -0.25) is 4.79 Å². The Bertz CT molecular complexity index is 1250. The lowest BCUT2D eigenvalue weighted by Crippen LogP contribution is -2.49. The number of aromatic nitrogens is 1. The number of fused-ring (bicyclic) bond motifs is 1. The molecular formula is C25H30N2O4S. The van der Waals surface area contributed by atoms with Crippen molar-refractivity contribution in [2.24, 2.45) is 0 Å². The van der Waals surface area contributed by atoms with Crippen molar-refractivity contribution in [3.8, 4) is 0 Å². The van der Waals surface area contributed by atoms with E-state index in [4.69, 9.17) is 4.74 Å². The Morgan fingerprint density at radius 1 is 1.06 bits per heavy atom. The molecule has 0 radical (unpaired) electrons. The number of carbonyl (C=O) groups excluding carboxylic acids is 1. The van der Waals surface area contributed by atoms with E-state index in [0.717, 1.165) is 22.2 Å². The van der Waals surface area contributed by atoms with E-state index in [9.17, 15) is 13.2 Å². The van der Waals surface area contributed by atoms with Crippen molar-refractivity contribution < 1.29 is 17.9 Å². The van der Waals surface area contributed by atoms with Crippen molar-refractivity contribution in [2.75, 3.05) is 13.1 Å². The van der Waals surface area contributed by atoms with E-state index in [0.29, 0.717) is 18.5 Å². The van der Waals surface area contributed by atoms with Crippen molar-refractivity contribution in [3.63, 3.8) is 0 Å². The predicted molar refractivity (Wildman–Crippen MR) is 125 cm³/mol. The molecular weight excluding hydrogens is 424 g/mol. The first-order valence-corrected chi connectivity index (χ1v) is 12.6. The number of ether oxygens (including phenoxy) is 1. The van der Waals surface area contributed by atoms with Crippen LogP contribution in [0.2, 0.25) is 0 Å². The molecule has 1 aliphatic rings. The van der Waals surface area contributed by atoms with E-state index in [1.165, 1.54) is 0 Å². The van der Waals surface area contributed by atoms with Gasteiger partial charge in [-0.1, -0.05) is 42.0 Å². The Hall–Kier alpha value is -2.64. The van der Waals surface area contributed by atoms with Gasteiger partial charge >= 0.3 is 0 Å². The zero-order chi connectivity index (χ0) is 23.0. The highest BCUT2D eigenvalue weighted by Gasteiger charge is 2.27. The van der Waals surface area contributed by atoms with Crippen LogP contribution in [0.4, 0.5) is 0 Å². The number of carbonyl (C=O) groups is 1. The minimum absolute atomic E-state index is 0.0161. The van der Waals surface area contributed by atoms with Gasteiger partial charge in [-0.25, -0.2) is 8.42 Å². The maximum Gasteiger partial charge on any atom is 0.242 e. The second-order valence-corrected chi connectivity index (χ2v) is 10.8. The molecule has 1 aliphatic heterocycles. The summed E-state index contributed by atoms with van der Waals surface area (Å²) in [5.41, 5.74) is 3.53. The highest BCUT2D eigenvalue weighted by molar-refractivity contribution is 7.90. The first kappa shape index (κ1) is 22.6. The molecule has 2 heterocycles. The van der Waals surface area contributed by atoms with Crippen molar-refractivity contribution in [2.45, 2.75) is 57.1 Å². The van der Waals surface area contributed by atoms with E-state index in [1.807, 2.05) is 70.2 Å². The van der Waals surface area contributed by atoms with Crippen LogP contribution in [-0.2, 0) is 31.7 Å². The molecule has 32 heavy (non-hydrogen) atoms. The van der Waals surface area contributed by atoms with Crippen LogP contribution < -0.4 is 0 Å². The number of morpholine rings is 1. The summed E-state index contributed by atoms with van der Waals surface area (Å²) < 4.78 is 34.4. The summed E-state index contributed by atoms with van der Waals surface area (Å²) in [5, 5.41) is 0.648. The maximum atomic E-state index is 13.4. The highest BCUT2D eigenvalue weighted by Crippen LogP contribution is 2.29. The number of aryl methyl sites for hydroxylation is 2. The molecule has 6 nitrogen and oxygen atoms in total. The topological polar surface area (TPSA) is 68.6 Å². The van der Waals surface area contributed by atoms with Crippen molar-refractivity contribution in [3.05, 3.63) is 65.4 Å². The molecule has 1 fully saturated rings. The summed E-state index contributed by atoms with van der Waals surface area (Å²) in [7, 11) is -3.60. The van der Waals surface area contributed by atoms with Gasteiger partial charge in [0.2, 0.25) is 5.91 Å². The average molecular weight is 455 g/mol. The zero-order valence-electron chi connectivity index (χ0n) is 19.0. The largest absolute Gasteiger partial charge is 0.372 e. The van der Waals surface area contributed by atoms with E-state index in [-0.39, 0.29) is 35.3 Å². The molecule has 2 atom stereocenters. The molecule has 0 N–H and O–H groups in total. The summed E-state index contributed by atoms with van der Waals surface area (Å²) in [5.74, 6) is -0.104. The molecule has 0 aliphatic carbocycles. The summed E-state index contributed by atoms with van der Waals surface area (Å²) in [4.78, 5) is 15.1. The summed E-state index contributed by atoms with van der Waals surface area (Å²) in [6.07, 6.45) is 1.59. The van der Waals surface area contributed by atoms with Crippen LogP contribution in [0.1, 0.15) is 30.5 Å². The molecule has 0 spiro atoms. The number of para-hydroxylation sites is 1. The molecule has 1 aromatic heterocycles. The zero-order valence-corrected chi connectivity index (χ0v) is 19.9. The number of sulfone groups is 1. The summed E-state index contributed by atoms with van der Waals surface area (Å²) >= 11 is 0. The van der Waals surface area contributed by atoms with E-state index >= 15 is 0 Å². The fourth-order valence-corrected chi connectivity index (χ4v) is 6.13. The van der Waals surface area contributed by atoms with Gasteiger partial charge in [0.1, 0.15) is 6.54 Å². The third kappa shape index (κ3) is 4.59. The standard InChI is InChI=1S/C25H30N2O4S/c1-17-9-10-18(2)21(11-17)16-32(29,30)24-14-26(23-8-6-5-7-22(23)24)15-25(28)27-12-19(3)31-20(4)13-27/h5-11,14,19-20H,12-13,15-16H2,1-4H3. The normalized spacial score (nSPS) is 19.4. The Kier molecular flexibility index (Phi) is 6.14. The number of amides is 1. The smallest absolute Gasteiger partial charge is 0.242 e. The van der Waals surface area contributed by atoms with Crippen LogP contribution in [0.5, 0.6) is 0 Å². The Labute approximate surface area is 189 Å². The lowest BCUT2D eigenvalue weighted by Gasteiger charge is -2.35. The van der Waals surface area contributed by atoms with E-state index in [1.54, 1.807) is 15.7 Å². The lowest BCUT2D eigenvalue weighted by atomic mass is 10.1. The van der Waals surface area contributed by atoms with Crippen LogP contribution in [0, 0.1) is 13.8 Å². The fraction of sp³-hybridized carbons (Fsp3) is 0.400. The first-order valence-electron chi connectivity index (χ1n) is 10.9. The monoisotopic (exact) mass is 454 g/mol. The second kappa shape index (κ2) is 8.71. The molecule has 2 aromatic carbocycles. The number of hydrogen-bond donors (Lipinski definition) is 0. The lowest BCUT2D eigenvalue weighted by molar-refractivity contribution is -0.143. The number of nitrogens with zero attached hydrogens (tertiary/aromatic N) is 2. The third-order valence-corrected chi connectivity index (χ3v) is 7.70. The molecule has 1 amide bonds. The van der Waals surface area contributed by atoms with Crippen LogP contribution in [0.3, 0.4) is 0 Å². The van der Waals surface area contributed by atoms with Gasteiger partial charge in [-0.05, 0) is 44.9 Å². The third-order valence-electron chi connectivity index (χ3n) is 6.02. The molecule has 0 saturated carbocycles. The second-order valence-electron chi connectivity index (χ2n) is 8.88. The van der Waals surface area contributed by atoms with E-state index < -0.39 is 9.84 Å². The molecule has 3 aromatic rings. The van der Waals surface area contributed by atoms with Crippen LogP contribution in [0.25, 0.3) is 10.9 Å². The highest BCUT2D eigenvalue weighted by atomic mass is 32.2. The number of hydrogen-bond acceptors (Lipinski definition) is 4. The molecule has 7 heteroatoms. The van der Waals surface area contributed by atoms with Crippen molar-refractivity contribution in [1.82, 2.24) is 9.47 Å². The fourth-order valence-electron chi connectivity index (χ4n) is 4.46. The van der Waals surface area contributed by atoms with Gasteiger partial charge in [0.15, 0.2) is 9.84 Å². The molecule has 4 rings (SSSR count). The Balaban J connectivity index is 1.67. The maximum absolute atomic E-state index is 13.4. The number of rotatable bonds is 5. The van der Waals surface area contributed by atoms with Crippen LogP contribution in [0.15, 0.2) is 53.6 Å². The van der Waals surface area contributed by atoms with Crippen LogP contribution >= 0.6 is 0 Å². The van der Waals surface area contributed by atoms with Gasteiger partial charge in [0.05, 0.1) is 22.9 Å². The van der Waals surface area contributed by atoms with Gasteiger partial charge < -0.3 is 14.2 Å². The van der Waals surface area contributed by atoms with Crippen molar-refractivity contribution >= 4 is 26.6 Å². The summed E-state index contributed by atoms with van der Waals surface area (Å²) in [6.45, 7) is 8.98. The molecule has 1 saturated heterocycles. The predicted octanol–water partition coefficient (Wildman–Crippen LogP) is 3.87. The Morgan fingerprint density at radius 3 is 2.47 bits per heavy atom. The van der Waals surface area contributed by atoms with Gasteiger partial charge in [-0.2, -0.15) is 0 Å². The quantitative estimate of drug-likeness (QED) is 0.587. The summed E-state index contributed by atoms with van der Waals surface area (Å²) in [6, 6.07) is 13.2. The minimum atomic E-state index is -3.60. The average Bonchev–Trinajstić information content (AvgIpc) is 3.09. The SMILES string of the molecule is Cc1ccc(C)c(CS(=O)(=O)c2cn(CC(=O)N3CC(C)OC(C)C3)c3ccccc23)c1. The van der Waals surface area contributed by atoms with Gasteiger partial charge in [0.25, 0.3) is 0 Å². The minimum Gasteiger partial charge on any atom is -0.372 e. The Morgan fingerprint density at radius 2 is 1.75 bits per heavy atom. The van der Waals surface area contributed by atoms with Crippen LogP contribution in [-0.4, -0.2) is 49.1 Å².